The maximum absolute atomic E-state index is 13.4. The molecule has 9 heteroatoms. The zero-order valence-electron chi connectivity index (χ0n) is 19.1. The zero-order valence-corrected chi connectivity index (χ0v) is 19.1. The summed E-state index contributed by atoms with van der Waals surface area (Å²) in [7, 11) is 1.60. The summed E-state index contributed by atoms with van der Waals surface area (Å²) in [5.41, 5.74) is 1.90. The maximum atomic E-state index is 13.4. The van der Waals surface area contributed by atoms with Gasteiger partial charge in [0.1, 0.15) is 11.6 Å². The van der Waals surface area contributed by atoms with E-state index in [-0.39, 0.29) is 5.82 Å². The van der Waals surface area contributed by atoms with E-state index in [0.717, 1.165) is 38.3 Å². The second-order valence-electron chi connectivity index (χ2n) is 8.77. The van der Waals surface area contributed by atoms with E-state index in [2.05, 4.69) is 39.0 Å². The summed E-state index contributed by atoms with van der Waals surface area (Å²) in [6, 6.07) is 16.6. The van der Waals surface area contributed by atoms with Gasteiger partial charge in [-0.05, 0) is 23.3 Å². The number of piperazine rings is 1. The van der Waals surface area contributed by atoms with Crippen molar-refractivity contribution in [2.45, 2.75) is 19.6 Å². The van der Waals surface area contributed by atoms with E-state index in [1.54, 1.807) is 19.2 Å². The molecule has 0 atom stereocenters. The van der Waals surface area contributed by atoms with Crippen LogP contribution in [-0.4, -0.2) is 55.1 Å². The first-order valence-electron chi connectivity index (χ1n) is 11.4. The third-order valence-corrected chi connectivity index (χ3v) is 6.42. The average molecular weight is 463 g/mol. The van der Waals surface area contributed by atoms with Crippen molar-refractivity contribution in [1.82, 2.24) is 28.9 Å². The fourth-order valence-corrected chi connectivity index (χ4v) is 4.49. The first kappa shape index (κ1) is 22.2. The van der Waals surface area contributed by atoms with Crippen LogP contribution in [0, 0.1) is 5.82 Å². The molecule has 0 bridgehead atoms. The molecule has 1 fully saturated rings. The van der Waals surface area contributed by atoms with Crippen molar-refractivity contribution in [3.05, 3.63) is 98.2 Å². The molecule has 0 saturated carbocycles. The fraction of sp³-hybridized carbons (Fsp3) is 0.320. The van der Waals surface area contributed by atoms with Crippen molar-refractivity contribution in [3.63, 3.8) is 0 Å². The van der Waals surface area contributed by atoms with E-state index in [9.17, 15) is 14.0 Å². The number of halogens is 1. The molecule has 4 aromatic rings. The number of aromatic amines is 1. The van der Waals surface area contributed by atoms with Gasteiger partial charge in [-0.25, -0.2) is 14.2 Å². The van der Waals surface area contributed by atoms with Gasteiger partial charge in [0.05, 0.1) is 6.54 Å². The van der Waals surface area contributed by atoms with Crippen molar-refractivity contribution >= 4 is 11.2 Å². The van der Waals surface area contributed by atoms with Gasteiger partial charge in [-0.15, -0.1) is 0 Å². The molecule has 1 saturated heterocycles. The van der Waals surface area contributed by atoms with Gasteiger partial charge in [0.2, 0.25) is 0 Å². The molecule has 1 N–H and O–H groups in total. The van der Waals surface area contributed by atoms with Crippen molar-refractivity contribution in [2.75, 3.05) is 26.2 Å². The lowest BCUT2D eigenvalue weighted by molar-refractivity contribution is 0.119. The molecule has 5 rings (SSSR count). The SMILES string of the molecule is Cn1c(=O)[nH]c(=O)c2c1nc(CN1CCN(Cc3ccccc3)CC1)n2Cc1ccc(F)cc1. The van der Waals surface area contributed by atoms with Gasteiger partial charge in [-0.1, -0.05) is 42.5 Å². The molecular formula is C25H27FN6O2. The van der Waals surface area contributed by atoms with Crippen molar-refractivity contribution < 1.29 is 4.39 Å². The van der Waals surface area contributed by atoms with Gasteiger partial charge < -0.3 is 4.57 Å². The number of aryl methyl sites for hydroxylation is 1. The van der Waals surface area contributed by atoms with Gasteiger partial charge in [0, 0.05) is 46.3 Å². The number of imidazole rings is 1. The number of nitrogens with one attached hydrogen (secondary N) is 1. The molecule has 34 heavy (non-hydrogen) atoms. The van der Waals surface area contributed by atoms with Crippen molar-refractivity contribution in [1.29, 1.82) is 0 Å². The second kappa shape index (κ2) is 9.36. The molecule has 8 nitrogen and oxygen atoms in total. The Morgan fingerprint density at radius 2 is 1.47 bits per heavy atom. The molecule has 1 aliphatic heterocycles. The van der Waals surface area contributed by atoms with E-state index in [1.807, 2.05) is 10.6 Å². The third-order valence-electron chi connectivity index (χ3n) is 6.42. The number of benzene rings is 2. The Hall–Kier alpha value is -3.56. The quantitative estimate of drug-likeness (QED) is 0.474. The van der Waals surface area contributed by atoms with Crippen molar-refractivity contribution in [3.8, 4) is 0 Å². The summed E-state index contributed by atoms with van der Waals surface area (Å²) < 4.78 is 16.6. The van der Waals surface area contributed by atoms with E-state index < -0.39 is 11.2 Å². The number of nitrogens with zero attached hydrogens (tertiary/aromatic N) is 5. The summed E-state index contributed by atoms with van der Waals surface area (Å²) in [4.78, 5) is 36.7. The highest BCUT2D eigenvalue weighted by atomic mass is 19.1. The van der Waals surface area contributed by atoms with E-state index in [1.165, 1.54) is 22.3 Å². The van der Waals surface area contributed by atoms with Gasteiger partial charge in [-0.3, -0.25) is 24.1 Å². The van der Waals surface area contributed by atoms with Crippen LogP contribution in [0.15, 0.2) is 64.2 Å². The standard InChI is InChI=1S/C25H27FN6O2/c1-29-23-22(24(33)28-25(29)34)32(16-19-7-9-20(26)10-8-19)21(27-23)17-31-13-11-30(12-14-31)15-18-5-3-2-4-6-18/h2-10H,11-17H2,1H3,(H,28,33,34). The Morgan fingerprint density at radius 1 is 0.853 bits per heavy atom. The number of hydrogen-bond acceptors (Lipinski definition) is 5. The summed E-state index contributed by atoms with van der Waals surface area (Å²) in [6.45, 7) is 5.47. The Balaban J connectivity index is 1.39. The van der Waals surface area contributed by atoms with Gasteiger partial charge in [0.15, 0.2) is 11.2 Å². The molecule has 0 spiro atoms. The van der Waals surface area contributed by atoms with Crippen LogP contribution >= 0.6 is 0 Å². The molecule has 1 aliphatic rings. The van der Waals surface area contributed by atoms with Crippen LogP contribution in [0.4, 0.5) is 4.39 Å². The summed E-state index contributed by atoms with van der Waals surface area (Å²) in [5, 5.41) is 0. The lowest BCUT2D eigenvalue weighted by Crippen LogP contribution is -2.45. The minimum absolute atomic E-state index is 0.312. The molecule has 0 unspecified atom stereocenters. The summed E-state index contributed by atoms with van der Waals surface area (Å²) in [5.74, 6) is 0.399. The zero-order chi connectivity index (χ0) is 23.7. The monoisotopic (exact) mass is 462 g/mol. The largest absolute Gasteiger partial charge is 0.329 e. The Morgan fingerprint density at radius 3 is 2.15 bits per heavy atom. The highest BCUT2D eigenvalue weighted by Gasteiger charge is 2.22. The average Bonchev–Trinajstić information content (AvgIpc) is 3.19. The number of fused-ring (bicyclic) bond motifs is 1. The Kier molecular flexibility index (Phi) is 6.12. The van der Waals surface area contributed by atoms with E-state index in [4.69, 9.17) is 4.98 Å². The Labute approximate surface area is 195 Å². The lowest BCUT2D eigenvalue weighted by Gasteiger charge is -2.34. The first-order valence-corrected chi connectivity index (χ1v) is 11.4. The predicted octanol–water partition coefficient (Wildman–Crippen LogP) is 1.93. The van der Waals surface area contributed by atoms with Gasteiger partial charge >= 0.3 is 5.69 Å². The number of rotatable bonds is 6. The highest BCUT2D eigenvalue weighted by Crippen LogP contribution is 2.17. The first-order chi connectivity index (χ1) is 16.5. The molecule has 0 radical (unpaired) electrons. The minimum Gasteiger partial charge on any atom is -0.317 e. The summed E-state index contributed by atoms with van der Waals surface area (Å²) in [6.07, 6.45) is 0. The van der Waals surface area contributed by atoms with E-state index in [0.29, 0.717) is 30.1 Å². The molecule has 0 aliphatic carbocycles. The van der Waals surface area contributed by atoms with Crippen LogP contribution in [0.2, 0.25) is 0 Å². The van der Waals surface area contributed by atoms with Crippen LogP contribution in [0.1, 0.15) is 17.0 Å². The topological polar surface area (TPSA) is 79.2 Å². The molecule has 3 heterocycles. The van der Waals surface area contributed by atoms with Crippen molar-refractivity contribution in [2.24, 2.45) is 7.05 Å². The van der Waals surface area contributed by atoms with Crippen LogP contribution in [0.3, 0.4) is 0 Å². The number of H-pyrrole nitrogens is 1. The maximum Gasteiger partial charge on any atom is 0.329 e. The third kappa shape index (κ3) is 4.57. The molecule has 176 valence electrons. The predicted molar refractivity (Wildman–Crippen MR) is 128 cm³/mol. The van der Waals surface area contributed by atoms with Gasteiger partial charge in [0.25, 0.3) is 5.56 Å². The fourth-order valence-electron chi connectivity index (χ4n) is 4.49. The number of hydrogen-bond donors (Lipinski definition) is 1. The highest BCUT2D eigenvalue weighted by molar-refractivity contribution is 5.71. The molecular weight excluding hydrogens is 435 g/mol. The van der Waals surface area contributed by atoms with Gasteiger partial charge in [-0.2, -0.15) is 0 Å². The van der Waals surface area contributed by atoms with Crippen LogP contribution in [-0.2, 0) is 26.7 Å². The number of aromatic nitrogens is 4. The summed E-state index contributed by atoms with van der Waals surface area (Å²) >= 11 is 0. The normalized spacial score (nSPS) is 15.2. The minimum atomic E-state index is -0.495. The smallest absolute Gasteiger partial charge is 0.317 e. The van der Waals surface area contributed by atoms with Crippen LogP contribution < -0.4 is 11.2 Å². The molecule has 2 aromatic heterocycles. The lowest BCUT2D eigenvalue weighted by atomic mass is 10.2. The molecule has 0 amide bonds. The van der Waals surface area contributed by atoms with Crippen LogP contribution in [0.5, 0.6) is 0 Å². The molecule has 2 aromatic carbocycles. The second-order valence-corrected chi connectivity index (χ2v) is 8.77. The van der Waals surface area contributed by atoms with Crippen LogP contribution in [0.25, 0.3) is 11.2 Å². The van der Waals surface area contributed by atoms with E-state index >= 15 is 0 Å². The Bertz CT molecular complexity index is 1400.